The first-order chi connectivity index (χ1) is 18.8. The van der Waals surface area contributed by atoms with E-state index in [1.807, 2.05) is 31.2 Å². The number of alkyl halides is 3. The summed E-state index contributed by atoms with van der Waals surface area (Å²) in [6, 6.07) is 11.0. The third-order valence-electron chi connectivity index (χ3n) is 7.21. The normalized spacial score (nSPS) is 15.3. The van der Waals surface area contributed by atoms with Crippen molar-refractivity contribution in [2.45, 2.75) is 83.6 Å². The van der Waals surface area contributed by atoms with E-state index in [4.69, 9.17) is 0 Å². The van der Waals surface area contributed by atoms with Gasteiger partial charge in [-0.1, -0.05) is 55.2 Å². The van der Waals surface area contributed by atoms with E-state index in [1.165, 1.54) is 11.0 Å². The third kappa shape index (κ3) is 8.97. The van der Waals surface area contributed by atoms with Crippen LogP contribution in [0.5, 0.6) is 0 Å². The van der Waals surface area contributed by atoms with Gasteiger partial charge in [0.2, 0.25) is 21.8 Å². The summed E-state index contributed by atoms with van der Waals surface area (Å²) in [7, 11) is -3.92. The number of carbonyl (C=O) groups is 2. The Morgan fingerprint density at radius 3 is 2.30 bits per heavy atom. The second-order valence-corrected chi connectivity index (χ2v) is 12.4. The first-order valence-corrected chi connectivity index (χ1v) is 15.4. The van der Waals surface area contributed by atoms with E-state index < -0.39 is 27.8 Å². The Balaban J connectivity index is 1.74. The first kappa shape index (κ1) is 31.4. The highest BCUT2D eigenvalue weighted by Gasteiger charge is 2.32. The van der Waals surface area contributed by atoms with E-state index in [9.17, 15) is 31.2 Å². The lowest BCUT2D eigenvalue weighted by molar-refractivity contribution is -0.141. The van der Waals surface area contributed by atoms with E-state index in [1.54, 1.807) is 6.92 Å². The molecule has 0 spiro atoms. The van der Waals surface area contributed by atoms with Crippen molar-refractivity contribution in [2.75, 3.05) is 17.1 Å². The highest BCUT2D eigenvalue weighted by molar-refractivity contribution is 7.92. The van der Waals surface area contributed by atoms with Crippen LogP contribution >= 0.6 is 0 Å². The van der Waals surface area contributed by atoms with Crippen molar-refractivity contribution in [3.63, 3.8) is 0 Å². The molecule has 0 aliphatic heterocycles. The van der Waals surface area contributed by atoms with Gasteiger partial charge in [0.15, 0.2) is 0 Å². The lowest BCUT2D eigenvalue weighted by atomic mass is 9.95. The first-order valence-electron chi connectivity index (χ1n) is 13.6. The Kier molecular flexibility index (Phi) is 10.6. The smallest absolute Gasteiger partial charge is 0.352 e. The minimum Gasteiger partial charge on any atom is -0.352 e. The van der Waals surface area contributed by atoms with Crippen LogP contribution < -0.4 is 9.62 Å². The molecule has 2 amide bonds. The predicted molar refractivity (Wildman–Crippen MR) is 149 cm³/mol. The van der Waals surface area contributed by atoms with E-state index in [0.29, 0.717) is 0 Å². The number of benzene rings is 2. The van der Waals surface area contributed by atoms with Crippen LogP contribution in [0.3, 0.4) is 0 Å². The van der Waals surface area contributed by atoms with Gasteiger partial charge in [-0.15, -0.1) is 0 Å². The Morgan fingerprint density at radius 2 is 1.70 bits per heavy atom. The average molecular weight is 582 g/mol. The average Bonchev–Trinajstić information content (AvgIpc) is 2.89. The topological polar surface area (TPSA) is 86.8 Å². The number of aryl methyl sites for hydroxylation is 1. The Hall–Kier alpha value is -3.08. The highest BCUT2D eigenvalue weighted by Crippen LogP contribution is 2.32. The molecule has 1 atom stereocenters. The molecular weight excluding hydrogens is 543 g/mol. The van der Waals surface area contributed by atoms with Crippen molar-refractivity contribution in [2.24, 2.45) is 0 Å². The van der Waals surface area contributed by atoms with Crippen molar-refractivity contribution in [3.05, 3.63) is 65.2 Å². The van der Waals surface area contributed by atoms with Crippen molar-refractivity contribution in [1.82, 2.24) is 10.2 Å². The molecule has 2 aromatic carbocycles. The Morgan fingerprint density at radius 1 is 1.05 bits per heavy atom. The SMILES string of the molecule is Cc1ccc(CN(C(=O)CCCN(c2cccc(C(F)(F)F)c2)S(C)(=O)=O)C(C)C(=O)NC2CCCCC2)cc1. The summed E-state index contributed by atoms with van der Waals surface area (Å²) in [6.45, 7) is 3.63. The van der Waals surface area contributed by atoms with Gasteiger partial charge < -0.3 is 10.2 Å². The summed E-state index contributed by atoms with van der Waals surface area (Å²) in [6.07, 6.45) is 1.31. The van der Waals surface area contributed by atoms with E-state index >= 15 is 0 Å². The molecule has 0 bridgehead atoms. The molecule has 40 heavy (non-hydrogen) atoms. The maximum atomic E-state index is 13.4. The molecule has 7 nitrogen and oxygen atoms in total. The molecule has 1 unspecified atom stereocenters. The van der Waals surface area contributed by atoms with Gasteiger partial charge >= 0.3 is 6.18 Å². The largest absolute Gasteiger partial charge is 0.416 e. The number of nitrogens with zero attached hydrogens (tertiary/aromatic N) is 2. The van der Waals surface area contributed by atoms with Gasteiger partial charge in [-0.3, -0.25) is 13.9 Å². The lowest BCUT2D eigenvalue weighted by Gasteiger charge is -2.31. The molecule has 220 valence electrons. The van der Waals surface area contributed by atoms with Crippen LogP contribution in [0.2, 0.25) is 0 Å². The zero-order chi connectivity index (χ0) is 29.5. The molecule has 2 aromatic rings. The van der Waals surface area contributed by atoms with Gasteiger partial charge in [0.1, 0.15) is 6.04 Å². The van der Waals surface area contributed by atoms with Crippen LogP contribution in [0, 0.1) is 6.92 Å². The lowest BCUT2D eigenvalue weighted by Crippen LogP contribution is -2.50. The number of amides is 2. The predicted octanol–water partition coefficient (Wildman–Crippen LogP) is 5.43. The van der Waals surface area contributed by atoms with Gasteiger partial charge in [-0.2, -0.15) is 13.2 Å². The maximum absolute atomic E-state index is 13.4. The molecule has 0 aromatic heterocycles. The van der Waals surface area contributed by atoms with Gasteiger partial charge in [-0.05, 0) is 56.9 Å². The van der Waals surface area contributed by atoms with Crippen LogP contribution in [0.25, 0.3) is 0 Å². The Labute approximate surface area is 234 Å². The molecule has 0 heterocycles. The fourth-order valence-electron chi connectivity index (χ4n) is 4.88. The van der Waals surface area contributed by atoms with E-state index in [2.05, 4.69) is 5.32 Å². The monoisotopic (exact) mass is 581 g/mol. The van der Waals surface area contributed by atoms with Crippen LogP contribution in [0.4, 0.5) is 18.9 Å². The van der Waals surface area contributed by atoms with Crippen LogP contribution in [-0.4, -0.2) is 50.0 Å². The summed E-state index contributed by atoms with van der Waals surface area (Å²) in [5.41, 5.74) is 0.816. The number of hydrogen-bond donors (Lipinski definition) is 1. The summed E-state index contributed by atoms with van der Waals surface area (Å²) in [5, 5.41) is 3.07. The summed E-state index contributed by atoms with van der Waals surface area (Å²) in [4.78, 5) is 28.0. The van der Waals surface area contributed by atoms with Crippen LogP contribution in [0.15, 0.2) is 48.5 Å². The molecule has 1 saturated carbocycles. The number of anilines is 1. The molecule has 1 aliphatic rings. The van der Waals surface area contributed by atoms with Crippen molar-refractivity contribution in [3.8, 4) is 0 Å². The van der Waals surface area contributed by atoms with E-state index in [0.717, 1.165) is 72.0 Å². The fraction of sp³-hybridized carbons (Fsp3) is 0.517. The number of sulfonamides is 1. The molecule has 3 rings (SSSR count). The molecule has 1 fully saturated rings. The fourth-order valence-corrected chi connectivity index (χ4v) is 5.84. The molecule has 0 saturated heterocycles. The standard InChI is InChI=1S/C29H38F3N3O4S/c1-21-14-16-23(17-15-21)20-34(22(2)28(37)33-25-10-5-4-6-11-25)27(36)13-8-18-35(40(3,38)39)26-12-7-9-24(19-26)29(30,31)32/h7,9,12,14-17,19,22,25H,4-6,8,10-11,13,18,20H2,1-3H3,(H,33,37). The zero-order valence-electron chi connectivity index (χ0n) is 23.2. The second kappa shape index (κ2) is 13.5. The summed E-state index contributed by atoms with van der Waals surface area (Å²) < 4.78 is 65.4. The number of hydrogen-bond acceptors (Lipinski definition) is 4. The minimum atomic E-state index is -4.63. The number of halogens is 3. The van der Waals surface area contributed by atoms with Crippen LogP contribution in [0.1, 0.15) is 68.6 Å². The number of nitrogens with one attached hydrogen (secondary N) is 1. The van der Waals surface area contributed by atoms with Gasteiger partial charge in [0, 0.05) is 25.6 Å². The van der Waals surface area contributed by atoms with Crippen LogP contribution in [-0.2, 0) is 32.3 Å². The third-order valence-corrected chi connectivity index (χ3v) is 8.40. The molecular formula is C29H38F3N3O4S. The minimum absolute atomic E-state index is 0.0590. The maximum Gasteiger partial charge on any atom is 0.416 e. The summed E-state index contributed by atoms with van der Waals surface area (Å²) >= 11 is 0. The van der Waals surface area contributed by atoms with Gasteiger partial charge in [-0.25, -0.2) is 8.42 Å². The van der Waals surface area contributed by atoms with Crippen molar-refractivity contribution < 1.29 is 31.2 Å². The molecule has 1 N–H and O–H groups in total. The molecule has 0 radical (unpaired) electrons. The number of carbonyl (C=O) groups excluding carboxylic acids is 2. The molecule has 1 aliphatic carbocycles. The quantitative estimate of drug-likeness (QED) is 0.384. The summed E-state index contributed by atoms with van der Waals surface area (Å²) in [5.74, 6) is -0.585. The van der Waals surface area contributed by atoms with Crippen molar-refractivity contribution in [1.29, 1.82) is 0 Å². The zero-order valence-corrected chi connectivity index (χ0v) is 24.0. The Bertz CT molecular complexity index is 1260. The van der Waals surface area contributed by atoms with Gasteiger partial charge in [0.05, 0.1) is 17.5 Å². The highest BCUT2D eigenvalue weighted by atomic mass is 32.2. The second-order valence-electron chi connectivity index (χ2n) is 10.5. The van der Waals surface area contributed by atoms with Gasteiger partial charge in [0.25, 0.3) is 0 Å². The number of rotatable bonds is 11. The van der Waals surface area contributed by atoms with Crippen molar-refractivity contribution >= 4 is 27.5 Å². The molecule has 11 heteroatoms. The van der Waals surface area contributed by atoms with E-state index in [-0.39, 0.29) is 49.5 Å².